The third-order valence-electron chi connectivity index (χ3n) is 4.53. The molecule has 0 radical (unpaired) electrons. The van der Waals surface area contributed by atoms with Crippen molar-refractivity contribution in [1.29, 1.82) is 0 Å². The molecular formula is C14H24N2O4. The minimum absolute atomic E-state index is 0.0684. The van der Waals surface area contributed by atoms with Gasteiger partial charge in [-0.25, -0.2) is 4.79 Å². The molecule has 2 rings (SSSR count). The quantitative estimate of drug-likeness (QED) is 0.847. The molecule has 0 bridgehead atoms. The molecule has 20 heavy (non-hydrogen) atoms. The first kappa shape index (κ1) is 15.1. The van der Waals surface area contributed by atoms with E-state index in [4.69, 9.17) is 4.74 Å². The number of nitrogens with zero attached hydrogens (tertiary/aromatic N) is 2. The Bertz CT molecular complexity index is 368. The van der Waals surface area contributed by atoms with E-state index < -0.39 is 11.9 Å². The Kier molecular flexibility index (Phi) is 4.86. The molecule has 0 aromatic carbocycles. The van der Waals surface area contributed by atoms with E-state index in [2.05, 4.69) is 0 Å². The van der Waals surface area contributed by atoms with Gasteiger partial charge in [0.25, 0.3) is 0 Å². The number of amides is 2. The lowest BCUT2D eigenvalue weighted by Crippen LogP contribution is -2.52. The van der Waals surface area contributed by atoms with Gasteiger partial charge in [0.15, 0.2) is 0 Å². The van der Waals surface area contributed by atoms with E-state index in [1.54, 1.807) is 9.80 Å². The Morgan fingerprint density at radius 3 is 2.45 bits per heavy atom. The second kappa shape index (κ2) is 6.43. The zero-order valence-electron chi connectivity index (χ0n) is 12.2. The highest BCUT2D eigenvalue weighted by Crippen LogP contribution is 2.26. The number of carbonyl (C=O) groups excluding carboxylic acids is 1. The number of likely N-dealkylation sites (N-methyl/N-ethyl adjacent to an activating group) is 1. The monoisotopic (exact) mass is 284 g/mol. The molecule has 0 aromatic rings. The van der Waals surface area contributed by atoms with E-state index >= 15 is 0 Å². The van der Waals surface area contributed by atoms with Crippen molar-refractivity contribution >= 4 is 12.0 Å². The molecule has 1 heterocycles. The van der Waals surface area contributed by atoms with Gasteiger partial charge in [0.05, 0.1) is 19.3 Å². The Morgan fingerprint density at radius 2 is 1.90 bits per heavy atom. The predicted molar refractivity (Wildman–Crippen MR) is 73.5 cm³/mol. The summed E-state index contributed by atoms with van der Waals surface area (Å²) < 4.78 is 5.28. The zero-order chi connectivity index (χ0) is 14.7. The molecular weight excluding hydrogens is 260 g/mol. The normalized spacial score (nSPS) is 26.7. The maximum atomic E-state index is 12.6. The van der Waals surface area contributed by atoms with Crippen molar-refractivity contribution in [3.05, 3.63) is 0 Å². The Morgan fingerprint density at radius 1 is 1.25 bits per heavy atom. The van der Waals surface area contributed by atoms with Gasteiger partial charge in [-0.1, -0.05) is 12.8 Å². The average Bonchev–Trinajstić information content (AvgIpc) is 3.09. The summed E-state index contributed by atoms with van der Waals surface area (Å²) in [5.74, 6) is -1.50. The molecule has 2 aliphatic rings. The van der Waals surface area contributed by atoms with Crippen molar-refractivity contribution in [2.45, 2.75) is 44.7 Å². The second-order valence-electron chi connectivity index (χ2n) is 5.67. The Labute approximate surface area is 119 Å². The lowest BCUT2D eigenvalue weighted by atomic mass is 10.0. The van der Waals surface area contributed by atoms with Gasteiger partial charge in [0.2, 0.25) is 0 Å². The van der Waals surface area contributed by atoms with Crippen molar-refractivity contribution < 1.29 is 19.4 Å². The van der Waals surface area contributed by atoms with Crippen LogP contribution in [0.25, 0.3) is 0 Å². The molecule has 2 atom stereocenters. The first-order chi connectivity index (χ1) is 9.56. The predicted octanol–water partition coefficient (Wildman–Crippen LogP) is 1.40. The summed E-state index contributed by atoms with van der Waals surface area (Å²) >= 11 is 0. The third kappa shape index (κ3) is 2.90. The summed E-state index contributed by atoms with van der Waals surface area (Å²) in [5.41, 5.74) is 0. The minimum atomic E-state index is -0.887. The minimum Gasteiger partial charge on any atom is -0.481 e. The van der Waals surface area contributed by atoms with Crippen LogP contribution in [0.3, 0.4) is 0 Å². The molecule has 2 fully saturated rings. The van der Waals surface area contributed by atoms with Gasteiger partial charge < -0.3 is 19.6 Å². The number of hydrogen-bond donors (Lipinski definition) is 1. The molecule has 6 nitrogen and oxygen atoms in total. The van der Waals surface area contributed by atoms with Gasteiger partial charge in [-0.15, -0.1) is 0 Å². The van der Waals surface area contributed by atoms with Crippen LogP contribution in [-0.2, 0) is 9.53 Å². The topological polar surface area (TPSA) is 70.1 Å². The molecule has 1 aliphatic heterocycles. The smallest absolute Gasteiger partial charge is 0.320 e. The molecule has 1 N–H and O–H groups in total. The molecule has 6 heteroatoms. The van der Waals surface area contributed by atoms with Crippen molar-refractivity contribution in [3.8, 4) is 0 Å². The maximum absolute atomic E-state index is 12.6. The third-order valence-corrected chi connectivity index (χ3v) is 4.53. The average molecular weight is 284 g/mol. The summed E-state index contributed by atoms with van der Waals surface area (Å²) in [6.45, 7) is 2.90. The van der Waals surface area contributed by atoms with Gasteiger partial charge in [0.1, 0.15) is 5.92 Å². The summed E-state index contributed by atoms with van der Waals surface area (Å²) in [6.07, 6.45) is 4.42. The highest BCUT2D eigenvalue weighted by molar-refractivity contribution is 5.77. The maximum Gasteiger partial charge on any atom is 0.320 e. The first-order valence-electron chi connectivity index (χ1n) is 7.40. The Hall–Kier alpha value is -1.30. The van der Waals surface area contributed by atoms with E-state index in [0.717, 1.165) is 12.8 Å². The van der Waals surface area contributed by atoms with Crippen molar-refractivity contribution in [1.82, 2.24) is 9.80 Å². The lowest BCUT2D eigenvalue weighted by molar-refractivity contribution is -0.142. The van der Waals surface area contributed by atoms with Crippen LogP contribution in [0, 0.1) is 5.92 Å². The molecule has 2 unspecified atom stereocenters. The van der Waals surface area contributed by atoms with Gasteiger partial charge >= 0.3 is 12.0 Å². The number of ether oxygens (including phenoxy) is 1. The number of carbonyl (C=O) groups is 2. The standard InChI is InChI=1S/C14H24N2O4/c1-3-16(12-9-20-8-11(12)13(17)18)14(19)15(2)10-6-4-5-7-10/h10-12H,3-9H2,1-2H3,(H,17,18). The van der Waals surface area contributed by atoms with Crippen LogP contribution in [-0.4, -0.2) is 65.8 Å². The zero-order valence-corrected chi connectivity index (χ0v) is 12.2. The van der Waals surface area contributed by atoms with Crippen LogP contribution in [0.5, 0.6) is 0 Å². The lowest BCUT2D eigenvalue weighted by Gasteiger charge is -2.35. The van der Waals surface area contributed by atoms with E-state index in [0.29, 0.717) is 19.2 Å². The van der Waals surface area contributed by atoms with Crippen LogP contribution < -0.4 is 0 Å². The van der Waals surface area contributed by atoms with Crippen molar-refractivity contribution in [3.63, 3.8) is 0 Å². The number of urea groups is 1. The second-order valence-corrected chi connectivity index (χ2v) is 5.67. The van der Waals surface area contributed by atoms with Gasteiger partial charge in [0, 0.05) is 19.6 Å². The van der Waals surface area contributed by atoms with E-state index in [1.807, 2.05) is 14.0 Å². The van der Waals surface area contributed by atoms with Crippen LogP contribution in [0.4, 0.5) is 4.79 Å². The molecule has 1 saturated carbocycles. The molecule has 1 aliphatic carbocycles. The first-order valence-corrected chi connectivity index (χ1v) is 7.40. The van der Waals surface area contributed by atoms with Gasteiger partial charge in [-0.05, 0) is 19.8 Å². The van der Waals surface area contributed by atoms with E-state index in [1.165, 1.54) is 12.8 Å². The van der Waals surface area contributed by atoms with Gasteiger partial charge in [-0.3, -0.25) is 4.79 Å². The number of aliphatic carboxylic acids is 1. The SMILES string of the molecule is CCN(C(=O)N(C)C1CCCC1)C1COCC1C(=O)O. The molecule has 0 aromatic heterocycles. The van der Waals surface area contributed by atoms with E-state index in [9.17, 15) is 14.7 Å². The number of rotatable bonds is 4. The summed E-state index contributed by atoms with van der Waals surface area (Å²) in [4.78, 5) is 27.3. The number of hydrogen-bond acceptors (Lipinski definition) is 3. The van der Waals surface area contributed by atoms with Crippen molar-refractivity contribution in [2.24, 2.45) is 5.92 Å². The summed E-state index contributed by atoms with van der Waals surface area (Å²) in [5, 5.41) is 9.23. The fraction of sp³-hybridized carbons (Fsp3) is 0.857. The van der Waals surface area contributed by atoms with E-state index in [-0.39, 0.29) is 18.7 Å². The van der Waals surface area contributed by atoms with Crippen LogP contribution in [0.15, 0.2) is 0 Å². The van der Waals surface area contributed by atoms with Gasteiger partial charge in [-0.2, -0.15) is 0 Å². The molecule has 1 saturated heterocycles. The molecule has 0 spiro atoms. The highest BCUT2D eigenvalue weighted by atomic mass is 16.5. The number of carboxylic acids is 1. The molecule has 114 valence electrons. The number of carboxylic acid groups (broad SMARTS) is 1. The summed E-state index contributed by atoms with van der Waals surface area (Å²) in [7, 11) is 1.83. The van der Waals surface area contributed by atoms with Crippen LogP contribution >= 0.6 is 0 Å². The molecule has 2 amide bonds. The fourth-order valence-electron chi connectivity index (χ4n) is 3.25. The van der Waals surface area contributed by atoms with Crippen molar-refractivity contribution in [2.75, 3.05) is 26.8 Å². The van der Waals surface area contributed by atoms with Crippen LogP contribution in [0.2, 0.25) is 0 Å². The highest BCUT2D eigenvalue weighted by Gasteiger charge is 2.41. The largest absolute Gasteiger partial charge is 0.481 e. The summed E-state index contributed by atoms with van der Waals surface area (Å²) in [6, 6.07) is -0.128. The Balaban J connectivity index is 2.06. The van der Waals surface area contributed by atoms with Crippen LogP contribution in [0.1, 0.15) is 32.6 Å². The fourth-order valence-corrected chi connectivity index (χ4v) is 3.25.